The number of esters is 2. The molecule has 0 saturated heterocycles. The summed E-state index contributed by atoms with van der Waals surface area (Å²) in [6, 6.07) is 0. The van der Waals surface area contributed by atoms with E-state index in [9.17, 15) is 9.59 Å². The lowest BCUT2D eigenvalue weighted by Crippen LogP contribution is -2.30. The molecule has 6 heteroatoms. The van der Waals surface area contributed by atoms with Gasteiger partial charge in [0.15, 0.2) is 6.23 Å². The number of rotatable bonds is 6. The van der Waals surface area contributed by atoms with Crippen LogP contribution < -0.4 is 0 Å². The lowest BCUT2D eigenvalue weighted by Gasteiger charge is -2.19. The predicted octanol–water partition coefficient (Wildman–Crippen LogP) is 1.28. The van der Waals surface area contributed by atoms with Gasteiger partial charge in [-0.3, -0.25) is 4.90 Å². The van der Waals surface area contributed by atoms with Crippen molar-refractivity contribution in [2.45, 2.75) is 26.2 Å². The minimum Gasteiger partial charge on any atom is -0.466 e. The third-order valence-electron chi connectivity index (χ3n) is 2.38. The summed E-state index contributed by atoms with van der Waals surface area (Å²) < 4.78 is 9.25. The normalized spacial score (nSPS) is 12.3. The van der Waals surface area contributed by atoms with E-state index in [1.807, 2.05) is 14.1 Å². The van der Waals surface area contributed by atoms with Gasteiger partial charge in [0.05, 0.1) is 12.7 Å². The maximum Gasteiger partial charge on any atom is 0.336 e. The standard InChI is InChI=1S/C8H15NO2.C7H10O3/c1-6(2)8(10)11-7(3)9(4)5;1-4-6(8)5(2)7(9)10-3/h7H,1H2,2-5H3;4,6,8H,1-2H2,3H3. The first-order chi connectivity index (χ1) is 9.58. The Balaban J connectivity index is 0. The van der Waals surface area contributed by atoms with Crippen LogP contribution in [0.15, 0.2) is 37.0 Å². The van der Waals surface area contributed by atoms with Crippen LogP contribution in [0, 0.1) is 0 Å². The molecule has 0 aromatic rings. The number of methoxy groups -OCH3 is 1. The number of aliphatic hydroxyl groups is 1. The molecule has 0 aliphatic heterocycles. The molecule has 6 nitrogen and oxygen atoms in total. The monoisotopic (exact) mass is 299 g/mol. The molecule has 21 heavy (non-hydrogen) atoms. The summed E-state index contributed by atoms with van der Waals surface area (Å²) in [4.78, 5) is 23.3. The van der Waals surface area contributed by atoms with E-state index in [2.05, 4.69) is 24.5 Å². The van der Waals surface area contributed by atoms with E-state index in [1.165, 1.54) is 13.2 Å². The van der Waals surface area contributed by atoms with Crippen molar-refractivity contribution in [3.05, 3.63) is 37.0 Å². The molecule has 0 radical (unpaired) electrons. The largest absolute Gasteiger partial charge is 0.466 e. The topological polar surface area (TPSA) is 76.1 Å². The Labute approximate surface area is 126 Å². The molecule has 0 amide bonds. The Kier molecular flexibility index (Phi) is 11.0. The van der Waals surface area contributed by atoms with Crippen LogP contribution in [0.25, 0.3) is 0 Å². The Bertz CT molecular complexity index is 401. The number of ether oxygens (including phenoxy) is 2. The van der Waals surface area contributed by atoms with Crippen LogP contribution in [0.4, 0.5) is 0 Å². The van der Waals surface area contributed by atoms with Crippen LogP contribution in [0.3, 0.4) is 0 Å². The van der Waals surface area contributed by atoms with Gasteiger partial charge in [0.25, 0.3) is 0 Å². The summed E-state index contributed by atoms with van der Waals surface area (Å²) in [7, 11) is 4.91. The molecule has 0 saturated carbocycles. The molecule has 0 rings (SSSR count). The highest BCUT2D eigenvalue weighted by atomic mass is 16.6. The van der Waals surface area contributed by atoms with E-state index < -0.39 is 12.1 Å². The van der Waals surface area contributed by atoms with Crippen LogP contribution in [0.5, 0.6) is 0 Å². The maximum atomic E-state index is 10.9. The predicted molar refractivity (Wildman–Crippen MR) is 81.4 cm³/mol. The zero-order chi connectivity index (χ0) is 17.2. The van der Waals surface area contributed by atoms with Gasteiger partial charge in [-0.2, -0.15) is 0 Å². The second-order valence-electron chi connectivity index (χ2n) is 4.45. The molecule has 0 fully saturated rings. The number of nitrogens with zero attached hydrogens (tertiary/aromatic N) is 1. The van der Waals surface area contributed by atoms with Gasteiger partial charge in [0.2, 0.25) is 0 Å². The third-order valence-corrected chi connectivity index (χ3v) is 2.38. The van der Waals surface area contributed by atoms with Crippen molar-refractivity contribution < 1.29 is 24.2 Å². The molecule has 120 valence electrons. The van der Waals surface area contributed by atoms with Gasteiger partial charge in [0, 0.05) is 5.57 Å². The first-order valence-corrected chi connectivity index (χ1v) is 6.19. The maximum absolute atomic E-state index is 10.9. The first kappa shape index (κ1) is 21.4. The van der Waals surface area contributed by atoms with Gasteiger partial charge in [-0.1, -0.05) is 19.2 Å². The fraction of sp³-hybridized carbons (Fsp3) is 0.467. The summed E-state index contributed by atoms with van der Waals surface area (Å²) in [5.74, 6) is -0.960. The molecule has 0 aromatic heterocycles. The summed E-state index contributed by atoms with van der Waals surface area (Å²) in [6.07, 6.45) is 0.00542. The fourth-order valence-corrected chi connectivity index (χ4v) is 0.755. The SMILES string of the molecule is C=C(C)C(=O)OC(C)N(C)C.C=CC(O)C(=C)C(=O)OC. The zero-order valence-electron chi connectivity index (χ0n) is 13.4. The summed E-state index contributed by atoms with van der Waals surface area (Å²) in [6.45, 7) is 13.5. The number of carbonyl (C=O) groups excluding carboxylic acids is 2. The van der Waals surface area contributed by atoms with E-state index in [0.29, 0.717) is 5.57 Å². The van der Waals surface area contributed by atoms with Crippen molar-refractivity contribution in [3.8, 4) is 0 Å². The summed E-state index contributed by atoms with van der Waals surface area (Å²) >= 11 is 0. The molecule has 0 spiro atoms. The van der Waals surface area contributed by atoms with E-state index in [-0.39, 0.29) is 17.8 Å². The second kappa shape index (κ2) is 10.8. The Morgan fingerprint density at radius 3 is 2.00 bits per heavy atom. The number of carbonyl (C=O) groups is 2. The van der Waals surface area contributed by atoms with Gasteiger partial charge in [-0.15, -0.1) is 6.58 Å². The third kappa shape index (κ3) is 9.59. The lowest BCUT2D eigenvalue weighted by molar-refractivity contribution is -0.150. The smallest absolute Gasteiger partial charge is 0.336 e. The second-order valence-corrected chi connectivity index (χ2v) is 4.45. The van der Waals surface area contributed by atoms with Crippen molar-refractivity contribution in [2.24, 2.45) is 0 Å². The molecular formula is C15H25NO5. The van der Waals surface area contributed by atoms with Crippen LogP contribution in [0.1, 0.15) is 13.8 Å². The molecule has 0 aliphatic rings. The zero-order valence-corrected chi connectivity index (χ0v) is 13.4. The summed E-state index contributed by atoms with van der Waals surface area (Å²) in [5, 5.41) is 8.91. The van der Waals surface area contributed by atoms with Crippen molar-refractivity contribution in [1.82, 2.24) is 4.90 Å². The fourth-order valence-electron chi connectivity index (χ4n) is 0.755. The summed E-state index contributed by atoms with van der Waals surface area (Å²) in [5.41, 5.74) is 0.427. The van der Waals surface area contributed by atoms with Gasteiger partial charge < -0.3 is 14.6 Å². The van der Waals surface area contributed by atoms with Gasteiger partial charge >= 0.3 is 11.9 Å². The number of aliphatic hydroxyl groups excluding tert-OH is 1. The van der Waals surface area contributed by atoms with Crippen LogP contribution in [0.2, 0.25) is 0 Å². The molecule has 0 aromatic carbocycles. The van der Waals surface area contributed by atoms with Crippen molar-refractivity contribution in [2.75, 3.05) is 21.2 Å². The minimum absolute atomic E-state index is 0.00231. The van der Waals surface area contributed by atoms with Crippen molar-refractivity contribution >= 4 is 11.9 Å². The van der Waals surface area contributed by atoms with E-state index in [1.54, 1.807) is 18.7 Å². The average molecular weight is 299 g/mol. The lowest BCUT2D eigenvalue weighted by atomic mass is 10.2. The van der Waals surface area contributed by atoms with Gasteiger partial charge in [-0.25, -0.2) is 9.59 Å². The molecule has 1 N–H and O–H groups in total. The molecule has 2 atom stereocenters. The minimum atomic E-state index is -1.01. The van der Waals surface area contributed by atoms with E-state index in [4.69, 9.17) is 9.84 Å². The van der Waals surface area contributed by atoms with E-state index >= 15 is 0 Å². The van der Waals surface area contributed by atoms with Crippen LogP contribution >= 0.6 is 0 Å². The highest BCUT2D eigenvalue weighted by Crippen LogP contribution is 2.01. The molecule has 0 bridgehead atoms. The Hall–Kier alpha value is -1.92. The molecule has 0 aliphatic carbocycles. The average Bonchev–Trinajstić information content (AvgIpc) is 2.44. The van der Waals surface area contributed by atoms with Crippen LogP contribution in [-0.2, 0) is 19.1 Å². The highest BCUT2D eigenvalue weighted by molar-refractivity contribution is 5.89. The number of hydrogen-bond donors (Lipinski definition) is 1. The van der Waals surface area contributed by atoms with Gasteiger partial charge in [-0.05, 0) is 27.9 Å². The molecule has 2 unspecified atom stereocenters. The van der Waals surface area contributed by atoms with Crippen molar-refractivity contribution in [1.29, 1.82) is 0 Å². The van der Waals surface area contributed by atoms with E-state index in [0.717, 1.165) is 0 Å². The van der Waals surface area contributed by atoms with Gasteiger partial charge in [0.1, 0.15) is 6.10 Å². The highest BCUT2D eigenvalue weighted by Gasteiger charge is 2.12. The Morgan fingerprint density at radius 1 is 1.24 bits per heavy atom. The van der Waals surface area contributed by atoms with Crippen LogP contribution in [-0.4, -0.2) is 55.5 Å². The first-order valence-electron chi connectivity index (χ1n) is 6.19. The molecule has 0 heterocycles. The Morgan fingerprint density at radius 2 is 1.71 bits per heavy atom. The molecular weight excluding hydrogens is 274 g/mol. The number of hydrogen-bond acceptors (Lipinski definition) is 6. The quantitative estimate of drug-likeness (QED) is 0.344. The van der Waals surface area contributed by atoms with Crippen molar-refractivity contribution in [3.63, 3.8) is 0 Å².